The Hall–Kier alpha value is -2.27. The molecule has 0 aliphatic rings. The lowest BCUT2D eigenvalue weighted by atomic mass is 10.1. The van der Waals surface area contributed by atoms with Crippen LogP contribution in [-0.4, -0.2) is 34.6 Å². The van der Waals surface area contributed by atoms with Gasteiger partial charge in [-0.3, -0.25) is 9.59 Å². The third-order valence-electron chi connectivity index (χ3n) is 5.39. The van der Waals surface area contributed by atoms with Crippen molar-refractivity contribution in [1.82, 2.24) is 10.2 Å². The van der Waals surface area contributed by atoms with E-state index in [0.717, 1.165) is 23.3 Å². The number of carbonyl (C=O) groups is 2. The van der Waals surface area contributed by atoms with Crippen molar-refractivity contribution in [3.63, 3.8) is 0 Å². The molecule has 0 aromatic heterocycles. The summed E-state index contributed by atoms with van der Waals surface area (Å²) in [6, 6.07) is 16.0. The zero-order valence-corrected chi connectivity index (χ0v) is 19.6. The van der Waals surface area contributed by atoms with Gasteiger partial charge in [-0.1, -0.05) is 61.0 Å². The SMILES string of the molecule is CC[C@H](C)NC(=O)[C@H](C)N(Cc1ccccc1C)C(=O)CSCc1ccc(C)cc1. The summed E-state index contributed by atoms with van der Waals surface area (Å²) in [6.45, 7) is 10.4. The molecule has 0 saturated carbocycles. The second-order valence-corrected chi connectivity index (χ2v) is 8.91. The van der Waals surface area contributed by atoms with Gasteiger partial charge in [0.25, 0.3) is 0 Å². The van der Waals surface area contributed by atoms with Crippen molar-refractivity contribution >= 4 is 23.6 Å². The van der Waals surface area contributed by atoms with Crippen LogP contribution in [-0.2, 0) is 21.9 Å². The first-order valence-electron chi connectivity index (χ1n) is 10.6. The molecule has 0 spiro atoms. The number of amides is 2. The number of hydrogen-bond acceptors (Lipinski definition) is 3. The highest BCUT2D eigenvalue weighted by molar-refractivity contribution is 7.99. The second-order valence-electron chi connectivity index (χ2n) is 7.92. The standard InChI is InChI=1S/C25H34N2O2S/c1-6-20(4)26-25(29)21(5)27(15-23-10-8-7-9-19(23)3)24(28)17-30-16-22-13-11-18(2)12-14-22/h7-14,20-21H,6,15-17H2,1-5H3,(H,26,29)/t20-,21-/m0/s1. The molecule has 0 unspecified atom stereocenters. The van der Waals surface area contributed by atoms with Gasteiger partial charge in [0.1, 0.15) is 6.04 Å². The van der Waals surface area contributed by atoms with E-state index in [1.165, 1.54) is 11.1 Å². The zero-order valence-electron chi connectivity index (χ0n) is 18.8. The Kier molecular flexibility index (Phi) is 9.44. The average Bonchev–Trinajstić information content (AvgIpc) is 2.73. The highest BCUT2D eigenvalue weighted by atomic mass is 32.2. The lowest BCUT2D eigenvalue weighted by Crippen LogP contribution is -2.50. The van der Waals surface area contributed by atoms with Gasteiger partial charge in [-0.25, -0.2) is 0 Å². The number of benzene rings is 2. The topological polar surface area (TPSA) is 49.4 Å². The van der Waals surface area contributed by atoms with Gasteiger partial charge in [0.15, 0.2) is 0 Å². The number of carbonyl (C=O) groups excluding carboxylic acids is 2. The Balaban J connectivity index is 2.08. The molecule has 0 aliphatic heterocycles. The number of hydrogen-bond donors (Lipinski definition) is 1. The fourth-order valence-electron chi connectivity index (χ4n) is 3.04. The maximum absolute atomic E-state index is 13.1. The Morgan fingerprint density at radius 1 is 1.03 bits per heavy atom. The molecule has 2 aromatic rings. The van der Waals surface area contributed by atoms with E-state index >= 15 is 0 Å². The second kappa shape index (κ2) is 11.8. The van der Waals surface area contributed by atoms with Crippen molar-refractivity contribution in [3.05, 3.63) is 70.8 Å². The molecule has 2 rings (SSSR count). The van der Waals surface area contributed by atoms with Crippen molar-refractivity contribution in [1.29, 1.82) is 0 Å². The van der Waals surface area contributed by atoms with E-state index in [4.69, 9.17) is 0 Å². The highest BCUT2D eigenvalue weighted by Crippen LogP contribution is 2.18. The number of nitrogens with one attached hydrogen (secondary N) is 1. The first-order valence-corrected chi connectivity index (χ1v) is 11.7. The van der Waals surface area contributed by atoms with E-state index in [2.05, 4.69) is 36.5 Å². The van der Waals surface area contributed by atoms with Crippen LogP contribution in [0.5, 0.6) is 0 Å². The molecule has 0 radical (unpaired) electrons. The number of nitrogens with zero attached hydrogens (tertiary/aromatic N) is 1. The van der Waals surface area contributed by atoms with Crippen LogP contribution < -0.4 is 5.32 Å². The van der Waals surface area contributed by atoms with Crippen LogP contribution in [0.4, 0.5) is 0 Å². The third kappa shape index (κ3) is 7.21. The van der Waals surface area contributed by atoms with Gasteiger partial charge in [0, 0.05) is 18.3 Å². The third-order valence-corrected chi connectivity index (χ3v) is 6.37. The van der Waals surface area contributed by atoms with E-state index in [1.807, 2.05) is 52.0 Å². The monoisotopic (exact) mass is 426 g/mol. The molecule has 30 heavy (non-hydrogen) atoms. The molecule has 5 heteroatoms. The summed E-state index contributed by atoms with van der Waals surface area (Å²) in [4.78, 5) is 27.6. The van der Waals surface area contributed by atoms with E-state index in [9.17, 15) is 9.59 Å². The molecule has 2 amide bonds. The van der Waals surface area contributed by atoms with E-state index < -0.39 is 6.04 Å². The summed E-state index contributed by atoms with van der Waals surface area (Å²) in [6.07, 6.45) is 0.858. The van der Waals surface area contributed by atoms with Crippen molar-refractivity contribution < 1.29 is 9.59 Å². The summed E-state index contributed by atoms with van der Waals surface area (Å²) in [5.74, 6) is 1.01. The zero-order chi connectivity index (χ0) is 22.1. The van der Waals surface area contributed by atoms with Crippen LogP contribution in [0.1, 0.15) is 49.4 Å². The van der Waals surface area contributed by atoms with Gasteiger partial charge in [0.05, 0.1) is 5.75 Å². The molecule has 0 bridgehead atoms. The van der Waals surface area contributed by atoms with Crippen molar-refractivity contribution in [2.24, 2.45) is 0 Å². The lowest BCUT2D eigenvalue weighted by Gasteiger charge is -2.30. The maximum atomic E-state index is 13.1. The van der Waals surface area contributed by atoms with Crippen LogP contribution in [0, 0.1) is 13.8 Å². The smallest absolute Gasteiger partial charge is 0.242 e. The van der Waals surface area contributed by atoms with Crippen molar-refractivity contribution in [3.8, 4) is 0 Å². The van der Waals surface area contributed by atoms with Gasteiger partial charge in [-0.15, -0.1) is 11.8 Å². The van der Waals surface area contributed by atoms with Gasteiger partial charge in [-0.05, 0) is 50.8 Å². The molecule has 1 N–H and O–H groups in total. The Morgan fingerprint density at radius 2 is 1.70 bits per heavy atom. The van der Waals surface area contributed by atoms with Gasteiger partial charge < -0.3 is 10.2 Å². The first-order chi connectivity index (χ1) is 14.3. The van der Waals surface area contributed by atoms with E-state index in [1.54, 1.807) is 16.7 Å². The normalized spacial score (nSPS) is 12.8. The molecule has 4 nitrogen and oxygen atoms in total. The van der Waals surface area contributed by atoms with Gasteiger partial charge in [0.2, 0.25) is 11.8 Å². The largest absolute Gasteiger partial charge is 0.352 e. The summed E-state index contributed by atoms with van der Waals surface area (Å²) in [5.41, 5.74) is 4.62. The van der Waals surface area contributed by atoms with Crippen LogP contribution >= 0.6 is 11.8 Å². The van der Waals surface area contributed by atoms with Crippen LogP contribution in [0.25, 0.3) is 0 Å². The Labute approximate surface area is 185 Å². The minimum Gasteiger partial charge on any atom is -0.352 e. The Bertz CT molecular complexity index is 835. The highest BCUT2D eigenvalue weighted by Gasteiger charge is 2.27. The quantitative estimate of drug-likeness (QED) is 0.590. The molecule has 2 atom stereocenters. The Morgan fingerprint density at radius 3 is 2.33 bits per heavy atom. The summed E-state index contributed by atoms with van der Waals surface area (Å²) >= 11 is 1.59. The summed E-state index contributed by atoms with van der Waals surface area (Å²) in [5, 5.41) is 3.01. The molecular formula is C25H34N2O2S. The summed E-state index contributed by atoms with van der Waals surface area (Å²) in [7, 11) is 0. The van der Waals surface area contributed by atoms with Gasteiger partial charge in [-0.2, -0.15) is 0 Å². The molecule has 0 saturated heterocycles. The average molecular weight is 427 g/mol. The minimum absolute atomic E-state index is 0.0119. The predicted molar refractivity (Wildman–Crippen MR) is 126 cm³/mol. The molecule has 0 fully saturated rings. The number of aryl methyl sites for hydroxylation is 2. The molecular weight excluding hydrogens is 392 g/mol. The number of thioether (sulfide) groups is 1. The molecule has 0 heterocycles. The maximum Gasteiger partial charge on any atom is 0.242 e. The predicted octanol–water partition coefficient (Wildman–Crippen LogP) is 4.87. The molecule has 0 aliphatic carbocycles. The van der Waals surface area contributed by atoms with Crippen molar-refractivity contribution in [2.45, 2.75) is 65.4 Å². The lowest BCUT2D eigenvalue weighted by molar-refractivity contribution is -0.138. The van der Waals surface area contributed by atoms with E-state index in [0.29, 0.717) is 12.3 Å². The van der Waals surface area contributed by atoms with Crippen LogP contribution in [0.3, 0.4) is 0 Å². The van der Waals surface area contributed by atoms with Crippen LogP contribution in [0.15, 0.2) is 48.5 Å². The van der Waals surface area contributed by atoms with E-state index in [-0.39, 0.29) is 17.9 Å². The van der Waals surface area contributed by atoms with Crippen molar-refractivity contribution in [2.75, 3.05) is 5.75 Å². The van der Waals surface area contributed by atoms with Crippen LogP contribution in [0.2, 0.25) is 0 Å². The fraction of sp³-hybridized carbons (Fsp3) is 0.440. The molecule has 2 aromatic carbocycles. The fourth-order valence-corrected chi connectivity index (χ4v) is 3.91. The first kappa shape index (κ1) is 24.0. The molecule has 162 valence electrons. The number of rotatable bonds is 10. The summed E-state index contributed by atoms with van der Waals surface area (Å²) < 4.78 is 0. The minimum atomic E-state index is -0.522. The van der Waals surface area contributed by atoms with Gasteiger partial charge >= 0.3 is 0 Å².